The Kier molecular flexibility index (Phi) is 6.67. The molecule has 5 nitrogen and oxygen atoms in total. The maximum atomic E-state index is 12.8. The van der Waals surface area contributed by atoms with Crippen LogP contribution in [0.25, 0.3) is 11.1 Å². The van der Waals surface area contributed by atoms with Gasteiger partial charge in [-0.05, 0) is 44.5 Å². The van der Waals surface area contributed by atoms with Gasteiger partial charge in [-0.3, -0.25) is 4.79 Å². The Morgan fingerprint density at radius 1 is 1.03 bits per heavy atom. The summed E-state index contributed by atoms with van der Waals surface area (Å²) in [6.07, 6.45) is 0. The highest BCUT2D eigenvalue weighted by molar-refractivity contribution is 7.15. The van der Waals surface area contributed by atoms with Crippen LogP contribution in [-0.2, 0) is 4.74 Å². The van der Waals surface area contributed by atoms with E-state index >= 15 is 0 Å². The molecule has 1 N–H and O–H groups in total. The average Bonchev–Trinajstić information content (AvgIpc) is 3.13. The molecule has 0 unspecified atom stereocenters. The van der Waals surface area contributed by atoms with E-state index < -0.39 is 5.97 Å². The minimum atomic E-state index is -0.456. The number of thiophene rings is 1. The zero-order valence-electron chi connectivity index (χ0n) is 16.7. The van der Waals surface area contributed by atoms with Crippen molar-refractivity contribution in [2.24, 2.45) is 0 Å². The van der Waals surface area contributed by atoms with Crippen molar-refractivity contribution in [1.29, 1.82) is 0 Å². The van der Waals surface area contributed by atoms with E-state index in [2.05, 4.69) is 5.32 Å². The van der Waals surface area contributed by atoms with E-state index in [1.165, 1.54) is 11.3 Å². The highest BCUT2D eigenvalue weighted by Crippen LogP contribution is 2.36. The Bertz CT molecular complexity index is 1010. The summed E-state index contributed by atoms with van der Waals surface area (Å²) in [5.74, 6) is -0.144. The summed E-state index contributed by atoms with van der Waals surface area (Å²) < 4.78 is 10.7. The number of anilines is 1. The molecule has 0 fully saturated rings. The molecule has 0 aliphatic heterocycles. The first-order valence-electron chi connectivity index (χ1n) is 9.43. The summed E-state index contributed by atoms with van der Waals surface area (Å²) in [6.45, 7) is 6.42. The van der Waals surface area contributed by atoms with Crippen molar-refractivity contribution >= 4 is 28.2 Å². The molecular weight excluding hydrogens is 386 g/mol. The van der Waals surface area contributed by atoms with Gasteiger partial charge in [0, 0.05) is 16.5 Å². The second-order valence-corrected chi connectivity index (χ2v) is 7.23. The van der Waals surface area contributed by atoms with Gasteiger partial charge in [0.05, 0.1) is 13.2 Å². The van der Waals surface area contributed by atoms with Gasteiger partial charge in [0.25, 0.3) is 5.91 Å². The minimum absolute atomic E-state index is 0.256. The summed E-state index contributed by atoms with van der Waals surface area (Å²) in [7, 11) is 0. The molecule has 29 heavy (non-hydrogen) atoms. The molecule has 0 atom stereocenters. The lowest BCUT2D eigenvalue weighted by Gasteiger charge is -2.10. The average molecular weight is 410 g/mol. The van der Waals surface area contributed by atoms with Crippen molar-refractivity contribution in [1.82, 2.24) is 0 Å². The number of hydrogen-bond acceptors (Lipinski definition) is 5. The molecule has 3 rings (SSSR count). The van der Waals surface area contributed by atoms with Crippen LogP contribution >= 0.6 is 11.3 Å². The Hall–Kier alpha value is -3.12. The van der Waals surface area contributed by atoms with E-state index in [1.54, 1.807) is 31.2 Å². The molecular formula is C23H23NO4S. The van der Waals surface area contributed by atoms with Crippen molar-refractivity contribution in [3.05, 3.63) is 70.6 Å². The molecule has 0 radical (unpaired) electrons. The van der Waals surface area contributed by atoms with Crippen LogP contribution in [0.3, 0.4) is 0 Å². The lowest BCUT2D eigenvalue weighted by Crippen LogP contribution is -2.15. The molecule has 0 aliphatic rings. The van der Waals surface area contributed by atoms with Gasteiger partial charge < -0.3 is 14.8 Å². The number of amides is 1. The topological polar surface area (TPSA) is 64.6 Å². The second kappa shape index (κ2) is 9.39. The summed E-state index contributed by atoms with van der Waals surface area (Å²) in [5, 5.41) is 5.19. The third-order valence-corrected chi connectivity index (χ3v) is 5.16. The van der Waals surface area contributed by atoms with Gasteiger partial charge >= 0.3 is 5.97 Å². The van der Waals surface area contributed by atoms with Crippen LogP contribution in [0.15, 0.2) is 53.9 Å². The van der Waals surface area contributed by atoms with Crippen molar-refractivity contribution in [3.63, 3.8) is 0 Å². The third kappa shape index (κ3) is 4.84. The van der Waals surface area contributed by atoms with Crippen LogP contribution in [0.1, 0.15) is 40.1 Å². The molecule has 0 saturated heterocycles. The van der Waals surface area contributed by atoms with Crippen molar-refractivity contribution in [2.45, 2.75) is 20.8 Å². The first-order valence-corrected chi connectivity index (χ1v) is 10.3. The fraction of sp³-hybridized carbons (Fsp3) is 0.217. The van der Waals surface area contributed by atoms with E-state index in [0.717, 1.165) is 16.7 Å². The SMILES string of the molecule is CCOC(=O)c1c(-c2ccc(C)cc2)csc1NC(=O)c1cccc(OCC)c1. The van der Waals surface area contributed by atoms with Crippen LogP contribution in [0, 0.1) is 6.92 Å². The van der Waals surface area contributed by atoms with Gasteiger partial charge in [-0.2, -0.15) is 0 Å². The maximum absolute atomic E-state index is 12.8. The Morgan fingerprint density at radius 3 is 2.48 bits per heavy atom. The molecule has 150 valence electrons. The summed E-state index contributed by atoms with van der Waals surface area (Å²) >= 11 is 1.30. The fourth-order valence-electron chi connectivity index (χ4n) is 2.87. The van der Waals surface area contributed by atoms with Crippen LogP contribution in [0.2, 0.25) is 0 Å². The fourth-order valence-corrected chi connectivity index (χ4v) is 3.82. The Morgan fingerprint density at radius 2 is 1.79 bits per heavy atom. The number of hydrogen-bond donors (Lipinski definition) is 1. The molecule has 0 saturated carbocycles. The number of nitrogens with one attached hydrogen (secondary N) is 1. The number of benzene rings is 2. The molecule has 1 amide bonds. The van der Waals surface area contributed by atoms with E-state index in [-0.39, 0.29) is 12.5 Å². The van der Waals surface area contributed by atoms with Crippen LogP contribution in [0.4, 0.5) is 5.00 Å². The van der Waals surface area contributed by atoms with E-state index in [4.69, 9.17) is 9.47 Å². The number of esters is 1. The minimum Gasteiger partial charge on any atom is -0.494 e. The summed E-state index contributed by atoms with van der Waals surface area (Å²) in [6, 6.07) is 14.8. The monoisotopic (exact) mass is 409 g/mol. The Labute approximate surface area is 174 Å². The van der Waals surface area contributed by atoms with Gasteiger partial charge in [-0.25, -0.2) is 4.79 Å². The molecule has 3 aromatic rings. The quantitative estimate of drug-likeness (QED) is 0.520. The summed E-state index contributed by atoms with van der Waals surface area (Å²) in [4.78, 5) is 25.4. The lowest BCUT2D eigenvalue weighted by molar-refractivity contribution is 0.0529. The third-order valence-electron chi connectivity index (χ3n) is 4.27. The number of carbonyl (C=O) groups is 2. The van der Waals surface area contributed by atoms with E-state index in [1.807, 2.05) is 43.5 Å². The van der Waals surface area contributed by atoms with Crippen molar-refractivity contribution < 1.29 is 19.1 Å². The predicted octanol–water partition coefficient (Wildman–Crippen LogP) is 5.55. The molecule has 6 heteroatoms. The van der Waals surface area contributed by atoms with E-state index in [9.17, 15) is 9.59 Å². The van der Waals surface area contributed by atoms with E-state index in [0.29, 0.717) is 28.5 Å². The first-order chi connectivity index (χ1) is 14.0. The standard InChI is InChI=1S/C23H23NO4S/c1-4-27-18-8-6-7-17(13-18)21(25)24-22-20(23(26)28-5-2)19(14-29-22)16-11-9-15(3)10-12-16/h6-14H,4-5H2,1-3H3,(H,24,25). The maximum Gasteiger partial charge on any atom is 0.341 e. The van der Waals surface area contributed by atoms with Crippen molar-refractivity contribution in [2.75, 3.05) is 18.5 Å². The molecule has 1 heterocycles. The van der Waals surface area contributed by atoms with Crippen LogP contribution in [0.5, 0.6) is 5.75 Å². The first kappa shape index (κ1) is 20.6. The largest absolute Gasteiger partial charge is 0.494 e. The Balaban J connectivity index is 1.94. The number of ether oxygens (including phenoxy) is 2. The smallest absolute Gasteiger partial charge is 0.341 e. The van der Waals surface area contributed by atoms with Crippen molar-refractivity contribution in [3.8, 4) is 16.9 Å². The van der Waals surface area contributed by atoms with Gasteiger partial charge in [0.1, 0.15) is 16.3 Å². The zero-order valence-corrected chi connectivity index (χ0v) is 17.5. The normalized spacial score (nSPS) is 10.4. The number of rotatable bonds is 7. The molecule has 0 aliphatic carbocycles. The lowest BCUT2D eigenvalue weighted by atomic mass is 10.0. The van der Waals surface area contributed by atoms with Gasteiger partial charge in [0.2, 0.25) is 0 Å². The highest BCUT2D eigenvalue weighted by Gasteiger charge is 2.23. The van der Waals surface area contributed by atoms with Gasteiger partial charge in [-0.1, -0.05) is 35.9 Å². The molecule has 1 aromatic heterocycles. The van der Waals surface area contributed by atoms with Gasteiger partial charge in [-0.15, -0.1) is 11.3 Å². The molecule has 2 aromatic carbocycles. The number of carbonyl (C=O) groups excluding carboxylic acids is 2. The zero-order chi connectivity index (χ0) is 20.8. The van der Waals surface area contributed by atoms with Gasteiger partial charge in [0.15, 0.2) is 0 Å². The second-order valence-electron chi connectivity index (χ2n) is 6.35. The number of aryl methyl sites for hydroxylation is 1. The van der Waals surface area contributed by atoms with Crippen LogP contribution in [-0.4, -0.2) is 25.1 Å². The molecule has 0 bridgehead atoms. The summed E-state index contributed by atoms with van der Waals surface area (Å²) in [5.41, 5.74) is 3.59. The molecule has 0 spiro atoms. The van der Waals surface area contributed by atoms with Crippen LogP contribution < -0.4 is 10.1 Å². The highest BCUT2D eigenvalue weighted by atomic mass is 32.1. The predicted molar refractivity (Wildman–Crippen MR) is 116 cm³/mol.